The molecule has 1 amide bonds. The van der Waals surface area contributed by atoms with Gasteiger partial charge in [-0.15, -0.1) is 11.8 Å². The van der Waals surface area contributed by atoms with E-state index >= 15 is 0 Å². The lowest BCUT2D eigenvalue weighted by Gasteiger charge is -2.19. The lowest BCUT2D eigenvalue weighted by molar-refractivity contribution is 0.0985. The van der Waals surface area contributed by atoms with Gasteiger partial charge >= 0.3 is 0 Å². The highest BCUT2D eigenvalue weighted by Gasteiger charge is 2.20. The lowest BCUT2D eigenvalue weighted by atomic mass is 10.2. The molecule has 0 bridgehead atoms. The van der Waals surface area contributed by atoms with Crippen LogP contribution in [0.15, 0.2) is 40.1 Å². The molecule has 0 saturated heterocycles. The van der Waals surface area contributed by atoms with Gasteiger partial charge in [-0.1, -0.05) is 6.92 Å². The minimum atomic E-state index is -0.206. The van der Waals surface area contributed by atoms with Gasteiger partial charge < -0.3 is 10.6 Å². The Morgan fingerprint density at radius 2 is 2.24 bits per heavy atom. The molecule has 0 aromatic carbocycles. The van der Waals surface area contributed by atoms with Crippen molar-refractivity contribution in [1.82, 2.24) is 9.97 Å². The maximum absolute atomic E-state index is 12.6. The van der Waals surface area contributed by atoms with Crippen molar-refractivity contribution in [2.75, 3.05) is 23.4 Å². The van der Waals surface area contributed by atoms with Crippen molar-refractivity contribution in [2.24, 2.45) is 0 Å². The Morgan fingerprint density at radius 3 is 2.90 bits per heavy atom. The number of carbonyl (C=O) groups excluding carboxylic acids is 1. The predicted molar refractivity (Wildman–Crippen MR) is 89.7 cm³/mol. The number of rotatable bonds is 4. The first-order valence-electron chi connectivity index (χ1n) is 6.31. The second-order valence-corrected chi connectivity index (χ2v) is 6.33. The number of nitrogen functional groups attached to an aromatic ring is 1. The quantitative estimate of drug-likeness (QED) is 0.664. The Kier molecular flexibility index (Phi) is 5.19. The van der Waals surface area contributed by atoms with Crippen molar-refractivity contribution < 1.29 is 4.79 Å². The number of amides is 1. The summed E-state index contributed by atoms with van der Waals surface area (Å²) in [7, 11) is 1.67. The van der Waals surface area contributed by atoms with Crippen LogP contribution >= 0.6 is 27.7 Å². The van der Waals surface area contributed by atoms with Gasteiger partial charge in [0, 0.05) is 18.1 Å². The third kappa shape index (κ3) is 3.54. The average molecular weight is 367 g/mol. The molecule has 21 heavy (non-hydrogen) atoms. The van der Waals surface area contributed by atoms with Gasteiger partial charge in [0.2, 0.25) is 0 Å². The maximum atomic E-state index is 12.6. The monoisotopic (exact) mass is 366 g/mol. The summed E-state index contributed by atoms with van der Waals surface area (Å²) < 4.78 is 0.629. The van der Waals surface area contributed by atoms with Crippen LogP contribution in [0.25, 0.3) is 0 Å². The minimum absolute atomic E-state index is 0.206. The van der Waals surface area contributed by atoms with Crippen LogP contribution in [0, 0.1) is 0 Å². The molecule has 0 spiro atoms. The van der Waals surface area contributed by atoms with E-state index in [1.807, 2.05) is 19.1 Å². The van der Waals surface area contributed by atoms with Crippen molar-refractivity contribution in [1.29, 1.82) is 0 Å². The highest BCUT2D eigenvalue weighted by atomic mass is 79.9. The number of hydrogen-bond acceptors (Lipinski definition) is 5. The molecule has 2 aromatic rings. The SMILES string of the molecule is CCSc1cccnc1C(=O)N(C)c1cnc(Br)cc1N. The molecule has 2 N–H and O–H groups in total. The normalized spacial score (nSPS) is 10.4. The smallest absolute Gasteiger partial charge is 0.277 e. The summed E-state index contributed by atoms with van der Waals surface area (Å²) in [6, 6.07) is 5.38. The van der Waals surface area contributed by atoms with Crippen LogP contribution in [-0.2, 0) is 0 Å². The molecular weight excluding hydrogens is 352 g/mol. The lowest BCUT2D eigenvalue weighted by Crippen LogP contribution is -2.28. The van der Waals surface area contributed by atoms with Crippen LogP contribution in [0.4, 0.5) is 11.4 Å². The number of aromatic nitrogens is 2. The Morgan fingerprint density at radius 1 is 1.48 bits per heavy atom. The molecule has 5 nitrogen and oxygen atoms in total. The van der Waals surface area contributed by atoms with Gasteiger partial charge in [0.05, 0.1) is 17.6 Å². The fraction of sp³-hybridized carbons (Fsp3) is 0.214. The Balaban J connectivity index is 2.35. The van der Waals surface area contributed by atoms with Gasteiger partial charge in [-0.05, 0) is 39.9 Å². The molecule has 2 heterocycles. The topological polar surface area (TPSA) is 72.1 Å². The molecule has 2 aromatic heterocycles. The summed E-state index contributed by atoms with van der Waals surface area (Å²) in [6.07, 6.45) is 3.18. The molecule has 110 valence electrons. The number of carbonyl (C=O) groups is 1. The maximum Gasteiger partial charge on any atom is 0.277 e. The van der Waals surface area contributed by atoms with Crippen LogP contribution in [0.2, 0.25) is 0 Å². The van der Waals surface area contributed by atoms with Crippen molar-refractivity contribution >= 4 is 45.0 Å². The number of pyridine rings is 2. The third-order valence-corrected chi connectivity index (χ3v) is 4.18. The van der Waals surface area contributed by atoms with Crippen LogP contribution in [0.1, 0.15) is 17.4 Å². The summed E-state index contributed by atoms with van der Waals surface area (Å²) in [5.74, 6) is 0.667. The minimum Gasteiger partial charge on any atom is -0.397 e. The van der Waals surface area contributed by atoms with Gasteiger partial charge in [-0.2, -0.15) is 0 Å². The van der Waals surface area contributed by atoms with Crippen molar-refractivity contribution in [3.63, 3.8) is 0 Å². The molecule has 0 radical (unpaired) electrons. The van der Waals surface area contributed by atoms with Crippen LogP contribution in [-0.4, -0.2) is 28.7 Å². The molecular formula is C14H15BrN4OS. The van der Waals surface area contributed by atoms with Crippen molar-refractivity contribution in [3.8, 4) is 0 Å². The third-order valence-electron chi connectivity index (χ3n) is 2.82. The first-order chi connectivity index (χ1) is 10.0. The number of nitrogens with zero attached hydrogens (tertiary/aromatic N) is 3. The van der Waals surface area contributed by atoms with Gasteiger partial charge in [-0.25, -0.2) is 9.97 Å². The number of thioether (sulfide) groups is 1. The van der Waals surface area contributed by atoms with Crippen LogP contribution in [0.5, 0.6) is 0 Å². The fourth-order valence-electron chi connectivity index (χ4n) is 1.81. The molecule has 0 aliphatic rings. The molecule has 0 aliphatic carbocycles. The summed E-state index contributed by atoms with van der Waals surface area (Å²) in [5.41, 5.74) is 7.41. The molecule has 0 atom stereocenters. The van der Waals surface area contributed by atoms with Crippen LogP contribution < -0.4 is 10.6 Å². The Hall–Kier alpha value is -1.60. The zero-order valence-corrected chi connectivity index (χ0v) is 14.1. The standard InChI is InChI=1S/C14H15BrN4OS/c1-3-21-11-5-4-6-17-13(11)14(20)19(2)10-8-18-12(15)7-9(10)16/h4-8H,3H2,1-2H3,(H2,16,18). The molecule has 0 saturated carbocycles. The molecule has 0 fully saturated rings. The van der Waals surface area contributed by atoms with Crippen molar-refractivity contribution in [2.45, 2.75) is 11.8 Å². The molecule has 7 heteroatoms. The molecule has 0 unspecified atom stereocenters. The van der Waals surface area contributed by atoms with E-state index in [2.05, 4.69) is 25.9 Å². The van der Waals surface area contributed by atoms with E-state index in [4.69, 9.17) is 5.73 Å². The summed E-state index contributed by atoms with van der Waals surface area (Å²) in [4.78, 5) is 23.3. The van der Waals surface area contributed by atoms with Gasteiger partial charge in [-0.3, -0.25) is 4.79 Å². The zero-order chi connectivity index (χ0) is 15.4. The highest BCUT2D eigenvalue weighted by molar-refractivity contribution is 9.10. The number of nitrogens with two attached hydrogens (primary N) is 1. The Bertz CT molecular complexity index is 665. The van der Waals surface area contributed by atoms with E-state index in [-0.39, 0.29) is 5.91 Å². The zero-order valence-electron chi connectivity index (χ0n) is 11.7. The highest BCUT2D eigenvalue weighted by Crippen LogP contribution is 2.27. The van der Waals surface area contributed by atoms with E-state index in [1.54, 1.807) is 37.3 Å². The second-order valence-electron chi connectivity index (χ2n) is 4.21. The average Bonchev–Trinajstić information content (AvgIpc) is 2.47. The Labute approximate surface area is 136 Å². The number of anilines is 2. The van der Waals surface area contributed by atoms with E-state index in [9.17, 15) is 4.79 Å². The largest absolute Gasteiger partial charge is 0.397 e. The predicted octanol–water partition coefficient (Wildman–Crippen LogP) is 3.21. The van der Waals surface area contributed by atoms with Crippen molar-refractivity contribution in [3.05, 3.63) is 40.9 Å². The van der Waals surface area contributed by atoms with E-state index in [0.29, 0.717) is 21.7 Å². The number of halogens is 1. The van der Waals surface area contributed by atoms with Gasteiger partial charge in [0.1, 0.15) is 10.3 Å². The van der Waals surface area contributed by atoms with Gasteiger partial charge in [0.15, 0.2) is 0 Å². The summed E-state index contributed by atoms with van der Waals surface area (Å²) >= 11 is 4.83. The molecule has 2 rings (SSSR count). The van der Waals surface area contributed by atoms with Crippen LogP contribution in [0.3, 0.4) is 0 Å². The van der Waals surface area contributed by atoms with E-state index < -0.39 is 0 Å². The van der Waals surface area contributed by atoms with E-state index in [0.717, 1.165) is 10.6 Å². The number of hydrogen-bond donors (Lipinski definition) is 1. The fourth-order valence-corrected chi connectivity index (χ4v) is 2.92. The van der Waals surface area contributed by atoms with Gasteiger partial charge in [0.25, 0.3) is 5.91 Å². The second kappa shape index (κ2) is 6.91. The first-order valence-corrected chi connectivity index (χ1v) is 8.09. The first kappa shape index (κ1) is 15.8. The summed E-state index contributed by atoms with van der Waals surface area (Å²) in [6.45, 7) is 2.03. The summed E-state index contributed by atoms with van der Waals surface area (Å²) in [5, 5.41) is 0. The molecule has 0 aliphatic heterocycles. The van der Waals surface area contributed by atoms with E-state index in [1.165, 1.54) is 4.90 Å².